The third-order valence-corrected chi connectivity index (χ3v) is 5.32. The maximum absolute atomic E-state index is 12.4. The summed E-state index contributed by atoms with van der Waals surface area (Å²) in [4.78, 5) is 42.2. The molecule has 3 heterocycles. The number of hydrogen-bond acceptors (Lipinski definition) is 7. The number of anilines is 1. The summed E-state index contributed by atoms with van der Waals surface area (Å²) in [6.45, 7) is 1.44. The highest BCUT2D eigenvalue weighted by Crippen LogP contribution is 2.31. The maximum Gasteiger partial charge on any atom is 0.328 e. The second kappa shape index (κ2) is 8.46. The standard InChI is InChI=1S/C20H23N5O6/c1-11-8-24(20(30)23-19(11)29)5-4-17(28)22-12-2-3-13-14(6-12)25(10-21-13)18-7-15(27)16(9-26)31-18/h2-3,6,8,10,15-16,18,26-27H,4-5,7,9H2,1H3,(H,22,28)(H,23,29,30)/t15-,16+,18+/m0/s1. The van der Waals surface area contributed by atoms with Gasteiger partial charge in [0.1, 0.15) is 12.3 Å². The van der Waals surface area contributed by atoms with Gasteiger partial charge in [-0.05, 0) is 25.1 Å². The second-order valence-electron chi connectivity index (χ2n) is 7.53. The molecule has 0 saturated carbocycles. The van der Waals surface area contributed by atoms with E-state index in [2.05, 4.69) is 15.3 Å². The zero-order valence-corrected chi connectivity index (χ0v) is 16.8. The summed E-state index contributed by atoms with van der Waals surface area (Å²) in [5.41, 5.74) is 1.33. The van der Waals surface area contributed by atoms with E-state index in [1.807, 2.05) is 0 Å². The SMILES string of the molecule is Cc1cn(CCC(=O)Nc2ccc3ncn([C@H]4C[C@H](O)[C@@H](CO)O4)c3c2)c(=O)[nH]c1=O. The molecule has 2 aromatic heterocycles. The Balaban J connectivity index is 1.46. The largest absolute Gasteiger partial charge is 0.394 e. The lowest BCUT2D eigenvalue weighted by Gasteiger charge is -2.14. The maximum atomic E-state index is 12.4. The molecule has 1 fully saturated rings. The van der Waals surface area contributed by atoms with Gasteiger partial charge < -0.3 is 24.8 Å². The molecule has 1 aliphatic heterocycles. The molecule has 3 atom stereocenters. The molecule has 4 rings (SSSR count). The molecule has 0 aliphatic carbocycles. The molecule has 1 aromatic carbocycles. The number of fused-ring (bicyclic) bond motifs is 1. The average Bonchev–Trinajstić information content (AvgIpc) is 3.32. The summed E-state index contributed by atoms with van der Waals surface area (Å²) in [7, 11) is 0. The number of aliphatic hydroxyl groups excluding tert-OH is 2. The van der Waals surface area contributed by atoms with Crippen molar-refractivity contribution in [2.24, 2.45) is 0 Å². The van der Waals surface area contributed by atoms with E-state index in [-0.39, 0.29) is 25.5 Å². The quantitative estimate of drug-likeness (QED) is 0.426. The van der Waals surface area contributed by atoms with Crippen LogP contribution in [0.1, 0.15) is 24.6 Å². The Hall–Kier alpha value is -3.28. The van der Waals surface area contributed by atoms with E-state index in [0.717, 1.165) is 0 Å². The van der Waals surface area contributed by atoms with Gasteiger partial charge >= 0.3 is 5.69 Å². The van der Waals surface area contributed by atoms with Gasteiger partial charge in [-0.2, -0.15) is 0 Å². The lowest BCUT2D eigenvalue weighted by molar-refractivity contribution is -0.116. The van der Waals surface area contributed by atoms with Crippen LogP contribution in [0.5, 0.6) is 0 Å². The lowest BCUT2D eigenvalue weighted by atomic mass is 10.2. The monoisotopic (exact) mass is 429 g/mol. The Morgan fingerprint density at radius 2 is 2.19 bits per heavy atom. The molecule has 31 heavy (non-hydrogen) atoms. The van der Waals surface area contributed by atoms with E-state index in [1.165, 1.54) is 10.8 Å². The normalized spacial score (nSPS) is 20.9. The number of aliphatic hydroxyl groups is 2. The summed E-state index contributed by atoms with van der Waals surface area (Å²) in [5.74, 6) is -0.297. The van der Waals surface area contributed by atoms with Gasteiger partial charge in [0, 0.05) is 36.8 Å². The third kappa shape index (κ3) is 4.29. The zero-order valence-electron chi connectivity index (χ0n) is 16.8. The van der Waals surface area contributed by atoms with Crippen molar-refractivity contribution in [1.82, 2.24) is 19.1 Å². The molecule has 164 valence electrons. The summed E-state index contributed by atoms with van der Waals surface area (Å²) in [6.07, 6.45) is 1.49. The lowest BCUT2D eigenvalue weighted by Crippen LogP contribution is -2.31. The van der Waals surface area contributed by atoms with E-state index in [1.54, 1.807) is 36.0 Å². The molecular formula is C20H23N5O6. The molecule has 0 bridgehead atoms. The molecule has 11 nitrogen and oxygen atoms in total. The second-order valence-corrected chi connectivity index (χ2v) is 7.53. The topological polar surface area (TPSA) is 151 Å². The van der Waals surface area contributed by atoms with Gasteiger partial charge in [0.2, 0.25) is 5.91 Å². The fraction of sp³-hybridized carbons (Fsp3) is 0.400. The Kier molecular flexibility index (Phi) is 5.72. The van der Waals surface area contributed by atoms with Crippen LogP contribution in [-0.4, -0.2) is 54.0 Å². The van der Waals surface area contributed by atoms with E-state index in [9.17, 15) is 24.6 Å². The minimum atomic E-state index is -0.768. The molecule has 1 aliphatic rings. The number of aromatic amines is 1. The number of benzene rings is 1. The first kappa shape index (κ1) is 21.0. The fourth-order valence-corrected chi connectivity index (χ4v) is 3.61. The molecule has 0 radical (unpaired) electrons. The highest BCUT2D eigenvalue weighted by atomic mass is 16.5. The van der Waals surface area contributed by atoms with Crippen LogP contribution in [0, 0.1) is 6.92 Å². The average molecular weight is 429 g/mol. The van der Waals surface area contributed by atoms with Crippen LogP contribution in [0.25, 0.3) is 11.0 Å². The summed E-state index contributed by atoms with van der Waals surface area (Å²) >= 11 is 0. The Morgan fingerprint density at radius 1 is 1.39 bits per heavy atom. The van der Waals surface area contributed by atoms with Gasteiger partial charge in [-0.25, -0.2) is 9.78 Å². The van der Waals surface area contributed by atoms with Crippen molar-refractivity contribution in [3.05, 3.63) is 57.1 Å². The third-order valence-electron chi connectivity index (χ3n) is 5.32. The van der Waals surface area contributed by atoms with Crippen molar-refractivity contribution in [1.29, 1.82) is 0 Å². The molecular weight excluding hydrogens is 406 g/mol. The number of amides is 1. The highest BCUT2D eigenvalue weighted by Gasteiger charge is 2.34. The van der Waals surface area contributed by atoms with Crippen molar-refractivity contribution in [2.75, 3.05) is 11.9 Å². The first-order valence-corrected chi connectivity index (χ1v) is 9.87. The minimum Gasteiger partial charge on any atom is -0.394 e. The van der Waals surface area contributed by atoms with Crippen molar-refractivity contribution in [2.45, 2.75) is 44.7 Å². The molecule has 0 unspecified atom stereocenters. The number of rotatable bonds is 6. The van der Waals surface area contributed by atoms with Crippen LogP contribution in [0.4, 0.5) is 5.69 Å². The molecule has 1 saturated heterocycles. The number of ether oxygens (including phenoxy) is 1. The van der Waals surface area contributed by atoms with Gasteiger partial charge in [-0.15, -0.1) is 0 Å². The Bertz CT molecular complexity index is 1230. The van der Waals surface area contributed by atoms with Gasteiger partial charge in [0.25, 0.3) is 5.56 Å². The van der Waals surface area contributed by atoms with Gasteiger partial charge in [0.05, 0.1) is 30.1 Å². The number of nitrogens with one attached hydrogen (secondary N) is 2. The smallest absolute Gasteiger partial charge is 0.328 e. The first-order valence-electron chi connectivity index (χ1n) is 9.87. The first-order chi connectivity index (χ1) is 14.9. The number of H-pyrrole nitrogens is 1. The van der Waals surface area contributed by atoms with Crippen molar-refractivity contribution in [3.63, 3.8) is 0 Å². The number of carbonyl (C=O) groups excluding carboxylic acids is 1. The zero-order chi connectivity index (χ0) is 22.1. The number of hydrogen-bond donors (Lipinski definition) is 4. The van der Waals surface area contributed by atoms with E-state index < -0.39 is 29.7 Å². The summed E-state index contributed by atoms with van der Waals surface area (Å²) in [5, 5.41) is 22.1. The van der Waals surface area contributed by atoms with Gasteiger partial charge in [-0.3, -0.25) is 19.1 Å². The molecule has 0 spiro atoms. The number of aryl methyl sites for hydroxylation is 2. The number of nitrogens with zero attached hydrogens (tertiary/aromatic N) is 3. The Labute approximate surface area is 175 Å². The van der Waals surface area contributed by atoms with Crippen LogP contribution in [0.15, 0.2) is 40.3 Å². The van der Waals surface area contributed by atoms with Crippen LogP contribution < -0.4 is 16.6 Å². The number of imidazole rings is 1. The van der Waals surface area contributed by atoms with Crippen molar-refractivity contribution in [3.8, 4) is 0 Å². The van der Waals surface area contributed by atoms with Gasteiger partial charge in [-0.1, -0.05) is 0 Å². The number of carbonyl (C=O) groups is 1. The van der Waals surface area contributed by atoms with Crippen LogP contribution in [0.3, 0.4) is 0 Å². The summed E-state index contributed by atoms with van der Waals surface area (Å²) < 4.78 is 8.73. The Morgan fingerprint density at radius 3 is 2.94 bits per heavy atom. The molecule has 3 aromatic rings. The van der Waals surface area contributed by atoms with Crippen molar-refractivity contribution < 1.29 is 19.7 Å². The van der Waals surface area contributed by atoms with Gasteiger partial charge in [0.15, 0.2) is 0 Å². The van der Waals surface area contributed by atoms with E-state index >= 15 is 0 Å². The fourth-order valence-electron chi connectivity index (χ4n) is 3.61. The number of aromatic nitrogens is 4. The van der Waals surface area contributed by atoms with E-state index in [4.69, 9.17) is 4.74 Å². The predicted octanol–water partition coefficient (Wildman–Crippen LogP) is -0.136. The molecule has 4 N–H and O–H groups in total. The van der Waals surface area contributed by atoms with Crippen molar-refractivity contribution >= 4 is 22.6 Å². The summed E-state index contributed by atoms with van der Waals surface area (Å²) in [6, 6.07) is 5.22. The van der Waals surface area contributed by atoms with Crippen LogP contribution >= 0.6 is 0 Å². The minimum absolute atomic E-state index is 0.0405. The highest BCUT2D eigenvalue weighted by molar-refractivity contribution is 5.93. The molecule has 1 amide bonds. The van der Waals surface area contributed by atoms with Crippen LogP contribution in [0.2, 0.25) is 0 Å². The van der Waals surface area contributed by atoms with Crippen LogP contribution in [-0.2, 0) is 16.1 Å². The molecule has 11 heteroatoms. The van der Waals surface area contributed by atoms with E-state index in [0.29, 0.717) is 28.7 Å². The predicted molar refractivity (Wildman–Crippen MR) is 111 cm³/mol.